The lowest BCUT2D eigenvalue weighted by atomic mass is 9.78. The molecule has 1 aromatic heterocycles. The summed E-state index contributed by atoms with van der Waals surface area (Å²) in [6.07, 6.45) is 7.55. The topological polar surface area (TPSA) is 63.9 Å². The van der Waals surface area contributed by atoms with Gasteiger partial charge in [0.25, 0.3) is 0 Å². The summed E-state index contributed by atoms with van der Waals surface area (Å²) in [5, 5.41) is 12.0. The third-order valence-electron chi connectivity index (χ3n) is 4.47. The van der Waals surface area contributed by atoms with Gasteiger partial charge >= 0.3 is 0 Å². The monoisotopic (exact) mass is 295 g/mol. The minimum Gasteiger partial charge on any atom is -0.339 e. The number of rotatable bonds is 3. The van der Waals surface area contributed by atoms with Crippen molar-refractivity contribution in [1.29, 1.82) is 0 Å². The van der Waals surface area contributed by atoms with Gasteiger partial charge in [0.05, 0.1) is 5.75 Å². The van der Waals surface area contributed by atoms with Crippen molar-refractivity contribution in [3.63, 3.8) is 0 Å². The van der Waals surface area contributed by atoms with Gasteiger partial charge < -0.3 is 4.90 Å². The van der Waals surface area contributed by atoms with Crippen molar-refractivity contribution in [3.8, 4) is 0 Å². The van der Waals surface area contributed by atoms with Crippen LogP contribution in [0.3, 0.4) is 0 Å². The van der Waals surface area contributed by atoms with E-state index >= 15 is 0 Å². The molecule has 7 heteroatoms. The highest BCUT2D eigenvalue weighted by molar-refractivity contribution is 7.99. The lowest BCUT2D eigenvalue weighted by molar-refractivity contribution is -0.134. The fourth-order valence-corrected chi connectivity index (χ4v) is 4.22. The molecular formula is C13H21N5OS. The van der Waals surface area contributed by atoms with E-state index < -0.39 is 0 Å². The zero-order valence-electron chi connectivity index (χ0n) is 11.9. The van der Waals surface area contributed by atoms with Crippen LogP contribution in [0, 0.1) is 5.92 Å². The molecule has 0 spiro atoms. The zero-order valence-corrected chi connectivity index (χ0v) is 12.7. The number of hydrogen-bond acceptors (Lipinski definition) is 5. The Hall–Kier alpha value is -1.11. The third-order valence-corrected chi connectivity index (χ3v) is 5.46. The highest BCUT2D eigenvalue weighted by atomic mass is 32.2. The molecule has 0 N–H and O–H groups in total. The minimum absolute atomic E-state index is 0.245. The standard InChI is InChI=1S/C13H21N5OS/c1-17-13(14-15-16-17)20-9-12(19)18-8-4-6-10-5-2-3-7-11(10)18/h10-11H,2-9H2,1H3/t10-,11+/m1/s1. The van der Waals surface area contributed by atoms with Crippen LogP contribution in [0.4, 0.5) is 0 Å². The van der Waals surface area contributed by atoms with E-state index in [1.165, 1.54) is 43.9 Å². The van der Waals surface area contributed by atoms with Gasteiger partial charge in [-0.1, -0.05) is 24.6 Å². The number of nitrogens with zero attached hydrogens (tertiary/aromatic N) is 5. The van der Waals surface area contributed by atoms with E-state index in [-0.39, 0.29) is 5.91 Å². The first-order valence-electron chi connectivity index (χ1n) is 7.40. The molecule has 6 nitrogen and oxygen atoms in total. The van der Waals surface area contributed by atoms with Gasteiger partial charge in [-0.2, -0.15) is 0 Å². The number of fused-ring (bicyclic) bond motifs is 1. The van der Waals surface area contributed by atoms with Crippen molar-refractivity contribution in [2.24, 2.45) is 13.0 Å². The number of piperidine rings is 1. The van der Waals surface area contributed by atoms with Crippen molar-refractivity contribution < 1.29 is 4.79 Å². The first-order valence-corrected chi connectivity index (χ1v) is 8.39. The predicted molar refractivity (Wildman–Crippen MR) is 76.2 cm³/mol. The first-order chi connectivity index (χ1) is 9.75. The Bertz CT molecular complexity index is 475. The van der Waals surface area contributed by atoms with Gasteiger partial charge in [-0.3, -0.25) is 4.79 Å². The summed E-state index contributed by atoms with van der Waals surface area (Å²) < 4.78 is 1.61. The van der Waals surface area contributed by atoms with E-state index in [1.54, 1.807) is 11.7 Å². The molecule has 1 aliphatic carbocycles. The number of aromatic nitrogens is 4. The van der Waals surface area contributed by atoms with Crippen LogP contribution in [-0.2, 0) is 11.8 Å². The lowest BCUT2D eigenvalue weighted by Gasteiger charge is -2.44. The Labute approximate surface area is 123 Å². The summed E-state index contributed by atoms with van der Waals surface area (Å²) in [6.45, 7) is 0.928. The van der Waals surface area contributed by atoms with Crippen LogP contribution in [0.2, 0.25) is 0 Å². The van der Waals surface area contributed by atoms with Crippen LogP contribution < -0.4 is 0 Å². The third kappa shape index (κ3) is 2.82. The Kier molecular flexibility index (Phi) is 4.24. The molecule has 2 atom stereocenters. The molecule has 2 heterocycles. The average Bonchev–Trinajstić information content (AvgIpc) is 2.89. The van der Waals surface area contributed by atoms with Crippen molar-refractivity contribution in [2.75, 3.05) is 12.3 Å². The van der Waals surface area contributed by atoms with Gasteiger partial charge in [-0.15, -0.1) is 5.10 Å². The number of tetrazole rings is 1. The average molecular weight is 295 g/mol. The Balaban J connectivity index is 1.59. The summed E-state index contributed by atoms with van der Waals surface area (Å²) in [5.74, 6) is 1.43. The molecule has 1 saturated heterocycles. The molecule has 20 heavy (non-hydrogen) atoms. The Morgan fingerprint density at radius 2 is 2.10 bits per heavy atom. The molecule has 110 valence electrons. The Morgan fingerprint density at radius 3 is 2.90 bits per heavy atom. The number of aryl methyl sites for hydroxylation is 1. The molecule has 3 rings (SSSR count). The van der Waals surface area contributed by atoms with Crippen molar-refractivity contribution in [1.82, 2.24) is 25.1 Å². The molecule has 1 aromatic rings. The first kappa shape index (κ1) is 13.9. The molecule has 2 fully saturated rings. The van der Waals surface area contributed by atoms with Crippen molar-refractivity contribution in [3.05, 3.63) is 0 Å². The molecule has 1 aliphatic heterocycles. The summed E-state index contributed by atoms with van der Waals surface area (Å²) in [6, 6.07) is 0.489. The highest BCUT2D eigenvalue weighted by Crippen LogP contribution is 2.35. The van der Waals surface area contributed by atoms with Crippen LogP contribution in [0.15, 0.2) is 5.16 Å². The molecule has 0 unspecified atom stereocenters. The van der Waals surface area contributed by atoms with Gasteiger partial charge in [-0.05, 0) is 42.0 Å². The zero-order chi connectivity index (χ0) is 13.9. The molecule has 2 aliphatic rings. The smallest absolute Gasteiger partial charge is 0.233 e. The normalized spacial score (nSPS) is 26.4. The van der Waals surface area contributed by atoms with Gasteiger partial charge in [0.2, 0.25) is 11.1 Å². The van der Waals surface area contributed by atoms with E-state index in [0.717, 1.165) is 18.9 Å². The SMILES string of the molecule is Cn1nnnc1SCC(=O)N1CCC[C@H]2CCCC[C@@H]21. The maximum atomic E-state index is 12.5. The summed E-state index contributed by atoms with van der Waals surface area (Å²) >= 11 is 1.43. The molecule has 0 aromatic carbocycles. The van der Waals surface area contributed by atoms with Crippen LogP contribution in [-0.4, -0.2) is 49.4 Å². The highest BCUT2D eigenvalue weighted by Gasteiger charge is 2.35. The molecule has 0 radical (unpaired) electrons. The lowest BCUT2D eigenvalue weighted by Crippen LogP contribution is -2.50. The summed E-state index contributed by atoms with van der Waals surface area (Å²) in [4.78, 5) is 14.6. The van der Waals surface area contributed by atoms with Gasteiger partial charge in [-0.25, -0.2) is 4.68 Å². The second-order valence-electron chi connectivity index (χ2n) is 5.71. The number of amides is 1. The second-order valence-corrected chi connectivity index (χ2v) is 6.66. The molecule has 1 amide bonds. The predicted octanol–water partition coefficient (Wildman–Crippen LogP) is 1.48. The number of carbonyl (C=O) groups is 1. The molecule has 0 bridgehead atoms. The number of thioether (sulfide) groups is 1. The van der Waals surface area contributed by atoms with Crippen LogP contribution in [0.5, 0.6) is 0 Å². The maximum Gasteiger partial charge on any atom is 0.233 e. The summed E-state index contributed by atoms with van der Waals surface area (Å²) in [7, 11) is 1.80. The van der Waals surface area contributed by atoms with Gasteiger partial charge in [0.15, 0.2) is 0 Å². The summed E-state index contributed by atoms with van der Waals surface area (Å²) in [5.41, 5.74) is 0. The fourth-order valence-electron chi connectivity index (χ4n) is 3.49. The van der Waals surface area contributed by atoms with E-state index in [4.69, 9.17) is 0 Å². The largest absolute Gasteiger partial charge is 0.339 e. The number of hydrogen-bond donors (Lipinski definition) is 0. The number of carbonyl (C=O) groups excluding carboxylic acids is 1. The number of likely N-dealkylation sites (tertiary alicyclic amines) is 1. The second kappa shape index (κ2) is 6.11. The van der Waals surface area contributed by atoms with Crippen LogP contribution >= 0.6 is 11.8 Å². The van der Waals surface area contributed by atoms with Crippen LogP contribution in [0.25, 0.3) is 0 Å². The van der Waals surface area contributed by atoms with E-state index in [9.17, 15) is 4.79 Å². The van der Waals surface area contributed by atoms with Crippen molar-refractivity contribution in [2.45, 2.75) is 49.7 Å². The van der Waals surface area contributed by atoms with Gasteiger partial charge in [0.1, 0.15) is 0 Å². The van der Waals surface area contributed by atoms with Crippen molar-refractivity contribution >= 4 is 17.7 Å². The maximum absolute atomic E-state index is 12.5. The quantitative estimate of drug-likeness (QED) is 0.790. The van der Waals surface area contributed by atoms with E-state index in [2.05, 4.69) is 20.4 Å². The molecule has 1 saturated carbocycles. The molecular weight excluding hydrogens is 274 g/mol. The van der Waals surface area contributed by atoms with E-state index in [0.29, 0.717) is 17.0 Å². The minimum atomic E-state index is 0.245. The fraction of sp³-hybridized carbons (Fsp3) is 0.846. The van der Waals surface area contributed by atoms with Crippen LogP contribution in [0.1, 0.15) is 38.5 Å². The Morgan fingerprint density at radius 1 is 1.30 bits per heavy atom. The van der Waals surface area contributed by atoms with Gasteiger partial charge in [0, 0.05) is 19.6 Å². The van der Waals surface area contributed by atoms with E-state index in [1.807, 2.05) is 0 Å².